The number of ether oxygens (including phenoxy) is 1. The van der Waals surface area contributed by atoms with Crippen LogP contribution in [0, 0.1) is 0 Å². The van der Waals surface area contributed by atoms with Crippen LogP contribution in [0.15, 0.2) is 0 Å². The van der Waals surface area contributed by atoms with Gasteiger partial charge >= 0.3 is 0 Å². The standard InChI is InChI=1S/C24H38N6O4/c1-18(28-10-3-4-11-28)7-9-25-21(31)5-6-22(32)30-12-8-20-19(17-30)23(26-27(20)2)24(33)29-13-15-34-16-14-29/h18H,3-17H2,1-2H3,(H,25,31)/t18-/m1/s1. The van der Waals surface area contributed by atoms with Crippen LogP contribution >= 0.6 is 0 Å². The molecule has 0 aliphatic carbocycles. The molecule has 3 aliphatic rings. The van der Waals surface area contributed by atoms with Gasteiger partial charge in [-0.3, -0.25) is 19.1 Å². The zero-order valence-electron chi connectivity index (χ0n) is 20.6. The molecule has 2 fully saturated rings. The minimum Gasteiger partial charge on any atom is -0.378 e. The first kappa shape index (κ1) is 24.7. The number of amides is 3. The van der Waals surface area contributed by atoms with Crippen molar-refractivity contribution < 1.29 is 19.1 Å². The summed E-state index contributed by atoms with van der Waals surface area (Å²) in [4.78, 5) is 44.2. The predicted molar refractivity (Wildman–Crippen MR) is 126 cm³/mol. The minimum atomic E-state index is -0.100. The van der Waals surface area contributed by atoms with E-state index in [1.165, 1.54) is 12.8 Å². The van der Waals surface area contributed by atoms with Crippen molar-refractivity contribution >= 4 is 17.7 Å². The number of carbonyl (C=O) groups is 3. The molecule has 188 valence electrons. The highest BCUT2D eigenvalue weighted by Crippen LogP contribution is 2.24. The summed E-state index contributed by atoms with van der Waals surface area (Å²) < 4.78 is 7.12. The predicted octanol–water partition coefficient (Wildman–Crippen LogP) is 0.548. The first-order chi connectivity index (χ1) is 16.4. The number of aryl methyl sites for hydroxylation is 1. The molecule has 1 atom stereocenters. The van der Waals surface area contributed by atoms with Crippen LogP contribution in [-0.4, -0.2) is 101 Å². The summed E-state index contributed by atoms with van der Waals surface area (Å²) in [6, 6.07) is 0.473. The molecule has 1 aromatic heterocycles. The summed E-state index contributed by atoms with van der Waals surface area (Å²) in [5.41, 5.74) is 2.27. The van der Waals surface area contributed by atoms with Crippen LogP contribution in [0.2, 0.25) is 0 Å². The lowest BCUT2D eigenvalue weighted by atomic mass is 10.0. The van der Waals surface area contributed by atoms with Gasteiger partial charge in [0.15, 0.2) is 5.69 Å². The number of carbonyl (C=O) groups excluding carboxylic acids is 3. The number of fused-ring (bicyclic) bond motifs is 1. The molecule has 10 nitrogen and oxygen atoms in total. The molecule has 0 unspecified atom stereocenters. The summed E-state index contributed by atoms with van der Waals surface area (Å²) in [5.74, 6) is -0.235. The Morgan fingerprint density at radius 2 is 1.76 bits per heavy atom. The average Bonchev–Trinajstić information content (AvgIpc) is 3.51. The number of nitrogens with one attached hydrogen (secondary N) is 1. The van der Waals surface area contributed by atoms with Gasteiger partial charge in [-0.1, -0.05) is 0 Å². The molecule has 4 rings (SSSR count). The van der Waals surface area contributed by atoms with Gasteiger partial charge in [0.25, 0.3) is 5.91 Å². The lowest BCUT2D eigenvalue weighted by Crippen LogP contribution is -2.42. The molecule has 0 spiro atoms. The number of hydrogen-bond acceptors (Lipinski definition) is 6. The van der Waals surface area contributed by atoms with Crippen molar-refractivity contribution in [2.45, 2.75) is 58.0 Å². The Balaban J connectivity index is 1.25. The summed E-state index contributed by atoms with van der Waals surface area (Å²) in [7, 11) is 1.85. The van der Waals surface area contributed by atoms with Gasteiger partial charge < -0.3 is 24.8 Å². The number of rotatable bonds is 8. The third kappa shape index (κ3) is 5.78. The molecule has 1 aromatic rings. The number of hydrogen-bond donors (Lipinski definition) is 1. The molecule has 0 radical (unpaired) electrons. The van der Waals surface area contributed by atoms with Gasteiger partial charge in [-0.2, -0.15) is 5.10 Å². The quantitative estimate of drug-likeness (QED) is 0.591. The minimum absolute atomic E-state index is 0.0557. The Morgan fingerprint density at radius 1 is 1.03 bits per heavy atom. The van der Waals surface area contributed by atoms with Gasteiger partial charge in [-0.15, -0.1) is 0 Å². The summed E-state index contributed by atoms with van der Waals surface area (Å²) >= 11 is 0. The number of nitrogens with zero attached hydrogens (tertiary/aromatic N) is 5. The van der Waals surface area contributed by atoms with Gasteiger partial charge in [0, 0.05) is 76.3 Å². The Bertz CT molecular complexity index is 888. The van der Waals surface area contributed by atoms with E-state index in [-0.39, 0.29) is 30.6 Å². The Hall–Kier alpha value is -2.46. The number of morpholine rings is 1. The lowest BCUT2D eigenvalue weighted by Gasteiger charge is -2.29. The maximum Gasteiger partial charge on any atom is 0.274 e. The van der Waals surface area contributed by atoms with Crippen molar-refractivity contribution in [2.75, 3.05) is 52.5 Å². The molecule has 0 bridgehead atoms. The second-order valence-corrected chi connectivity index (χ2v) is 9.60. The highest BCUT2D eigenvalue weighted by Gasteiger charge is 2.31. The molecule has 1 N–H and O–H groups in total. The first-order valence-corrected chi connectivity index (χ1v) is 12.6. The largest absolute Gasteiger partial charge is 0.378 e. The molecule has 4 heterocycles. The Kier molecular flexibility index (Phi) is 8.20. The second kappa shape index (κ2) is 11.3. The Labute approximate surface area is 201 Å². The van der Waals surface area contributed by atoms with E-state index in [0.717, 1.165) is 30.8 Å². The van der Waals surface area contributed by atoms with Crippen molar-refractivity contribution in [3.63, 3.8) is 0 Å². The van der Waals surface area contributed by atoms with E-state index in [1.807, 2.05) is 7.05 Å². The van der Waals surface area contributed by atoms with Crippen LogP contribution in [0.25, 0.3) is 0 Å². The van der Waals surface area contributed by atoms with Gasteiger partial charge in [-0.25, -0.2) is 0 Å². The zero-order chi connectivity index (χ0) is 24.1. The number of aromatic nitrogens is 2. The lowest BCUT2D eigenvalue weighted by molar-refractivity contribution is -0.134. The van der Waals surface area contributed by atoms with E-state index in [2.05, 4.69) is 22.2 Å². The van der Waals surface area contributed by atoms with E-state index in [0.29, 0.717) is 64.1 Å². The van der Waals surface area contributed by atoms with E-state index >= 15 is 0 Å². The van der Waals surface area contributed by atoms with Crippen molar-refractivity contribution in [1.29, 1.82) is 0 Å². The van der Waals surface area contributed by atoms with Crippen LogP contribution < -0.4 is 5.32 Å². The third-order valence-corrected chi connectivity index (χ3v) is 7.31. The van der Waals surface area contributed by atoms with Crippen molar-refractivity contribution in [3.05, 3.63) is 17.0 Å². The van der Waals surface area contributed by atoms with Crippen LogP contribution in [0.3, 0.4) is 0 Å². The summed E-state index contributed by atoms with van der Waals surface area (Å²) in [6.07, 6.45) is 4.47. The van der Waals surface area contributed by atoms with Gasteiger partial charge in [0.05, 0.1) is 13.2 Å². The zero-order valence-corrected chi connectivity index (χ0v) is 20.6. The molecule has 2 saturated heterocycles. The molecule has 34 heavy (non-hydrogen) atoms. The normalized spacial score (nSPS) is 19.7. The summed E-state index contributed by atoms with van der Waals surface area (Å²) in [6.45, 7) is 8.26. The van der Waals surface area contributed by atoms with Crippen LogP contribution in [0.5, 0.6) is 0 Å². The van der Waals surface area contributed by atoms with E-state index in [9.17, 15) is 14.4 Å². The van der Waals surface area contributed by atoms with Gasteiger partial charge in [0.1, 0.15) is 0 Å². The molecular weight excluding hydrogens is 436 g/mol. The summed E-state index contributed by atoms with van der Waals surface area (Å²) in [5, 5.41) is 7.46. The average molecular weight is 475 g/mol. The Morgan fingerprint density at radius 3 is 2.50 bits per heavy atom. The van der Waals surface area contributed by atoms with Crippen LogP contribution in [0.1, 0.15) is 60.8 Å². The topological polar surface area (TPSA) is 100 Å². The fourth-order valence-corrected chi connectivity index (χ4v) is 5.15. The van der Waals surface area contributed by atoms with Gasteiger partial charge in [-0.05, 0) is 39.3 Å². The highest BCUT2D eigenvalue weighted by atomic mass is 16.5. The SMILES string of the molecule is C[C@H](CCNC(=O)CCC(=O)N1CCc2c(c(C(=O)N3CCOCC3)nn2C)C1)N1CCCC1. The third-order valence-electron chi connectivity index (χ3n) is 7.31. The van der Waals surface area contributed by atoms with E-state index in [1.54, 1.807) is 14.5 Å². The van der Waals surface area contributed by atoms with Crippen molar-refractivity contribution in [2.24, 2.45) is 7.05 Å². The van der Waals surface area contributed by atoms with E-state index < -0.39 is 0 Å². The molecule has 0 saturated carbocycles. The molecule has 3 amide bonds. The highest BCUT2D eigenvalue weighted by molar-refractivity contribution is 5.94. The fraction of sp³-hybridized carbons (Fsp3) is 0.750. The second-order valence-electron chi connectivity index (χ2n) is 9.60. The van der Waals surface area contributed by atoms with Crippen molar-refractivity contribution in [1.82, 2.24) is 29.8 Å². The van der Waals surface area contributed by atoms with E-state index in [4.69, 9.17) is 4.74 Å². The number of likely N-dealkylation sites (tertiary alicyclic amines) is 1. The van der Waals surface area contributed by atoms with Gasteiger partial charge in [0.2, 0.25) is 11.8 Å². The maximum absolute atomic E-state index is 13.0. The molecule has 10 heteroatoms. The maximum atomic E-state index is 13.0. The molecular formula is C24H38N6O4. The first-order valence-electron chi connectivity index (χ1n) is 12.6. The molecule has 3 aliphatic heterocycles. The monoisotopic (exact) mass is 474 g/mol. The molecule has 0 aromatic carbocycles. The van der Waals surface area contributed by atoms with Crippen molar-refractivity contribution in [3.8, 4) is 0 Å². The smallest absolute Gasteiger partial charge is 0.274 e. The fourth-order valence-electron chi connectivity index (χ4n) is 5.15. The van der Waals surface area contributed by atoms with Crippen LogP contribution in [0.4, 0.5) is 0 Å². The van der Waals surface area contributed by atoms with Crippen LogP contribution in [-0.2, 0) is 34.3 Å².